The van der Waals surface area contributed by atoms with Crippen molar-refractivity contribution in [2.24, 2.45) is 5.92 Å². The molecule has 9 nitrogen and oxygen atoms in total. The molecule has 1 saturated heterocycles. The van der Waals surface area contributed by atoms with Gasteiger partial charge >= 0.3 is 0 Å². The van der Waals surface area contributed by atoms with Crippen LogP contribution < -0.4 is 15.5 Å². The Balaban J connectivity index is 1.15. The molecule has 1 atom stereocenters. The summed E-state index contributed by atoms with van der Waals surface area (Å²) in [5.74, 6) is 0.237. The highest BCUT2D eigenvalue weighted by atomic mass is 16.2. The van der Waals surface area contributed by atoms with Gasteiger partial charge in [-0.15, -0.1) is 0 Å². The normalized spacial score (nSPS) is 15.4. The van der Waals surface area contributed by atoms with Crippen molar-refractivity contribution in [3.8, 4) is 0 Å². The molecule has 1 unspecified atom stereocenters. The van der Waals surface area contributed by atoms with Crippen LogP contribution in [0.3, 0.4) is 0 Å². The van der Waals surface area contributed by atoms with Gasteiger partial charge in [0.05, 0.1) is 24.0 Å². The first kappa shape index (κ1) is 23.5. The number of amides is 2. The number of hydrogen-bond acceptors (Lipinski definition) is 6. The summed E-state index contributed by atoms with van der Waals surface area (Å²) < 4.78 is 1.76. The van der Waals surface area contributed by atoms with E-state index in [2.05, 4.69) is 37.8 Å². The van der Waals surface area contributed by atoms with E-state index < -0.39 is 0 Å². The van der Waals surface area contributed by atoms with Gasteiger partial charge in [0.25, 0.3) is 0 Å². The Bertz CT molecular complexity index is 1370. The van der Waals surface area contributed by atoms with E-state index in [1.807, 2.05) is 49.4 Å². The Hall–Kier alpha value is -4.27. The molecular formula is C27H29N7O2. The van der Waals surface area contributed by atoms with Crippen LogP contribution in [0.5, 0.6) is 0 Å². The van der Waals surface area contributed by atoms with E-state index in [4.69, 9.17) is 0 Å². The van der Waals surface area contributed by atoms with Crippen molar-refractivity contribution >= 4 is 34.4 Å². The van der Waals surface area contributed by atoms with E-state index in [-0.39, 0.29) is 24.2 Å². The van der Waals surface area contributed by atoms with Crippen molar-refractivity contribution in [3.05, 3.63) is 78.2 Å². The van der Waals surface area contributed by atoms with E-state index in [0.29, 0.717) is 25.3 Å². The Morgan fingerprint density at radius 2 is 1.86 bits per heavy atom. The maximum absolute atomic E-state index is 12.8. The summed E-state index contributed by atoms with van der Waals surface area (Å²) in [6, 6.07) is 18.0. The van der Waals surface area contributed by atoms with Gasteiger partial charge < -0.3 is 15.5 Å². The molecule has 3 heterocycles. The topological polar surface area (TPSA) is 105 Å². The Labute approximate surface area is 209 Å². The molecule has 5 rings (SSSR count). The number of para-hydroxylation sites is 1. The van der Waals surface area contributed by atoms with Crippen molar-refractivity contribution < 1.29 is 9.59 Å². The molecule has 0 saturated carbocycles. The summed E-state index contributed by atoms with van der Waals surface area (Å²) in [7, 11) is 0. The molecule has 0 aliphatic carbocycles. The largest absolute Gasteiger partial charge is 0.369 e. The highest BCUT2D eigenvalue weighted by molar-refractivity contribution is 6.00. The van der Waals surface area contributed by atoms with Gasteiger partial charge in [0, 0.05) is 31.7 Å². The minimum atomic E-state index is -0.366. The van der Waals surface area contributed by atoms with Gasteiger partial charge in [0.15, 0.2) is 5.65 Å². The molecule has 1 fully saturated rings. The van der Waals surface area contributed by atoms with Crippen LogP contribution in [0.4, 0.5) is 11.5 Å². The highest BCUT2D eigenvalue weighted by Crippen LogP contribution is 2.27. The van der Waals surface area contributed by atoms with Crippen molar-refractivity contribution in [1.29, 1.82) is 0 Å². The first-order valence-corrected chi connectivity index (χ1v) is 12.2. The van der Waals surface area contributed by atoms with Crippen molar-refractivity contribution in [1.82, 2.24) is 25.1 Å². The predicted molar refractivity (Wildman–Crippen MR) is 139 cm³/mol. The predicted octanol–water partition coefficient (Wildman–Crippen LogP) is 2.96. The molecule has 1 aliphatic heterocycles. The van der Waals surface area contributed by atoms with Gasteiger partial charge in [-0.25, -0.2) is 14.6 Å². The number of carbonyl (C=O) groups excluding carboxylic acids is 2. The lowest BCUT2D eigenvalue weighted by molar-refractivity contribution is -0.126. The minimum absolute atomic E-state index is 0.0217. The van der Waals surface area contributed by atoms with E-state index in [0.717, 1.165) is 35.4 Å². The number of rotatable bonds is 9. The average Bonchev–Trinajstić information content (AvgIpc) is 3.49. The van der Waals surface area contributed by atoms with Crippen LogP contribution in [0.25, 0.3) is 11.0 Å². The molecule has 184 valence electrons. The first-order chi connectivity index (χ1) is 17.6. The number of aryl methyl sites for hydroxylation is 1. The molecule has 0 radical (unpaired) electrons. The van der Waals surface area contributed by atoms with Crippen LogP contribution in [0.1, 0.15) is 17.5 Å². The SMILES string of the molecule is Cc1ccccc1N1CC(C(=O)NCCn2ncc3c(NCCc4ccccc4)ncnc32)CC1=O. The molecule has 1 aliphatic rings. The molecule has 0 bridgehead atoms. The zero-order chi connectivity index (χ0) is 24.9. The van der Waals surface area contributed by atoms with E-state index in [1.165, 1.54) is 11.9 Å². The standard InChI is InChI=1S/C27H29N7O2/c1-19-7-5-6-10-23(19)33-17-21(15-24(33)35)27(36)29-13-14-34-26-22(16-32-34)25(30-18-31-26)28-12-11-20-8-3-2-4-9-20/h2-10,16,18,21H,11-15,17H2,1H3,(H,29,36)(H,28,30,31). The van der Waals surface area contributed by atoms with E-state index >= 15 is 0 Å². The van der Waals surface area contributed by atoms with Gasteiger partial charge in [-0.2, -0.15) is 5.10 Å². The maximum Gasteiger partial charge on any atom is 0.227 e. The molecule has 9 heteroatoms. The van der Waals surface area contributed by atoms with Crippen LogP contribution in [0, 0.1) is 12.8 Å². The summed E-state index contributed by atoms with van der Waals surface area (Å²) in [4.78, 5) is 35.8. The van der Waals surface area contributed by atoms with Gasteiger partial charge in [-0.1, -0.05) is 48.5 Å². The summed E-state index contributed by atoms with van der Waals surface area (Å²) >= 11 is 0. The van der Waals surface area contributed by atoms with Crippen LogP contribution in [0.15, 0.2) is 67.1 Å². The third kappa shape index (κ3) is 5.05. The van der Waals surface area contributed by atoms with Gasteiger partial charge in [-0.3, -0.25) is 9.59 Å². The molecule has 0 spiro atoms. The fourth-order valence-corrected chi connectivity index (χ4v) is 4.58. The van der Waals surface area contributed by atoms with Crippen molar-refractivity contribution in [3.63, 3.8) is 0 Å². The highest BCUT2D eigenvalue weighted by Gasteiger charge is 2.35. The fourth-order valence-electron chi connectivity index (χ4n) is 4.58. The second-order valence-electron chi connectivity index (χ2n) is 8.97. The summed E-state index contributed by atoms with van der Waals surface area (Å²) in [5, 5.41) is 11.6. The average molecular weight is 484 g/mol. The number of fused-ring (bicyclic) bond motifs is 1. The van der Waals surface area contributed by atoms with Gasteiger partial charge in [-0.05, 0) is 30.5 Å². The monoisotopic (exact) mass is 483 g/mol. The minimum Gasteiger partial charge on any atom is -0.369 e. The Morgan fingerprint density at radius 1 is 1.06 bits per heavy atom. The fraction of sp³-hybridized carbons (Fsp3) is 0.296. The zero-order valence-electron chi connectivity index (χ0n) is 20.2. The van der Waals surface area contributed by atoms with Crippen molar-refractivity contribution in [2.75, 3.05) is 29.9 Å². The number of nitrogens with zero attached hydrogens (tertiary/aromatic N) is 5. The summed E-state index contributed by atoms with van der Waals surface area (Å²) in [6.45, 7) is 3.98. The lowest BCUT2D eigenvalue weighted by Gasteiger charge is -2.19. The number of benzene rings is 2. The van der Waals surface area contributed by atoms with Crippen LogP contribution >= 0.6 is 0 Å². The molecule has 2 aromatic heterocycles. The maximum atomic E-state index is 12.8. The lowest BCUT2D eigenvalue weighted by Crippen LogP contribution is -2.35. The third-order valence-electron chi connectivity index (χ3n) is 6.51. The number of carbonyl (C=O) groups is 2. The lowest BCUT2D eigenvalue weighted by atomic mass is 10.1. The van der Waals surface area contributed by atoms with E-state index in [1.54, 1.807) is 15.8 Å². The second kappa shape index (κ2) is 10.6. The quantitative estimate of drug-likeness (QED) is 0.379. The van der Waals surface area contributed by atoms with E-state index in [9.17, 15) is 9.59 Å². The molecule has 2 aromatic carbocycles. The number of anilines is 2. The molecule has 2 amide bonds. The molecule has 4 aromatic rings. The first-order valence-electron chi connectivity index (χ1n) is 12.2. The second-order valence-corrected chi connectivity index (χ2v) is 8.97. The van der Waals surface area contributed by atoms with Gasteiger partial charge in [0.2, 0.25) is 11.8 Å². The number of hydrogen-bond donors (Lipinski definition) is 2. The number of nitrogens with one attached hydrogen (secondary N) is 2. The smallest absolute Gasteiger partial charge is 0.227 e. The molecule has 36 heavy (non-hydrogen) atoms. The number of aromatic nitrogens is 4. The van der Waals surface area contributed by atoms with Crippen molar-refractivity contribution in [2.45, 2.75) is 26.3 Å². The van der Waals surface area contributed by atoms with Crippen LogP contribution in [-0.2, 0) is 22.6 Å². The summed E-state index contributed by atoms with van der Waals surface area (Å²) in [6.07, 6.45) is 4.37. The molecular weight excluding hydrogens is 454 g/mol. The Kier molecular flexibility index (Phi) is 6.88. The van der Waals surface area contributed by atoms with Crippen LogP contribution in [0.2, 0.25) is 0 Å². The molecule has 2 N–H and O–H groups in total. The summed E-state index contributed by atoms with van der Waals surface area (Å²) in [5.41, 5.74) is 3.86. The zero-order valence-corrected chi connectivity index (χ0v) is 20.2. The van der Waals surface area contributed by atoms with Gasteiger partial charge in [0.1, 0.15) is 12.1 Å². The Morgan fingerprint density at radius 3 is 2.69 bits per heavy atom. The van der Waals surface area contributed by atoms with Crippen LogP contribution in [-0.4, -0.2) is 51.2 Å². The third-order valence-corrected chi connectivity index (χ3v) is 6.51.